The van der Waals surface area contributed by atoms with E-state index in [9.17, 15) is 0 Å². The molecule has 106 valence electrons. The van der Waals surface area contributed by atoms with E-state index in [-0.39, 0.29) is 0 Å². The van der Waals surface area contributed by atoms with Crippen LogP contribution >= 0.6 is 0 Å². The van der Waals surface area contributed by atoms with E-state index < -0.39 is 0 Å². The van der Waals surface area contributed by atoms with E-state index in [0.29, 0.717) is 6.04 Å². The van der Waals surface area contributed by atoms with E-state index >= 15 is 0 Å². The molecule has 1 fully saturated rings. The zero-order chi connectivity index (χ0) is 13.5. The lowest BCUT2D eigenvalue weighted by molar-refractivity contribution is 0.0925. The SMILES string of the molecule is CCCNCc1cccc(N2CCOCC2CC)n1. The van der Waals surface area contributed by atoms with Gasteiger partial charge in [0.1, 0.15) is 5.82 Å². The predicted molar refractivity (Wildman–Crippen MR) is 78.5 cm³/mol. The largest absolute Gasteiger partial charge is 0.377 e. The van der Waals surface area contributed by atoms with Crippen LogP contribution in [0.4, 0.5) is 5.82 Å². The molecule has 0 aromatic carbocycles. The summed E-state index contributed by atoms with van der Waals surface area (Å²) < 4.78 is 5.55. The Morgan fingerprint density at radius 3 is 3.11 bits per heavy atom. The van der Waals surface area contributed by atoms with Crippen LogP contribution in [0.3, 0.4) is 0 Å². The van der Waals surface area contributed by atoms with Crippen molar-refractivity contribution in [3.05, 3.63) is 23.9 Å². The molecule has 0 amide bonds. The second-order valence-electron chi connectivity index (χ2n) is 4.99. The van der Waals surface area contributed by atoms with Gasteiger partial charge in [-0.05, 0) is 31.5 Å². The van der Waals surface area contributed by atoms with Gasteiger partial charge < -0.3 is 15.0 Å². The van der Waals surface area contributed by atoms with Crippen molar-refractivity contribution >= 4 is 5.82 Å². The molecule has 1 N–H and O–H groups in total. The first kappa shape index (κ1) is 14.3. The van der Waals surface area contributed by atoms with Crippen molar-refractivity contribution in [1.82, 2.24) is 10.3 Å². The molecule has 0 bridgehead atoms. The molecule has 1 aliphatic rings. The summed E-state index contributed by atoms with van der Waals surface area (Å²) in [6, 6.07) is 6.76. The molecule has 2 rings (SSSR count). The topological polar surface area (TPSA) is 37.4 Å². The summed E-state index contributed by atoms with van der Waals surface area (Å²) in [6.07, 6.45) is 2.25. The number of hydrogen-bond donors (Lipinski definition) is 1. The Bertz CT molecular complexity index is 383. The van der Waals surface area contributed by atoms with Gasteiger partial charge in [-0.2, -0.15) is 0 Å². The summed E-state index contributed by atoms with van der Waals surface area (Å²) in [4.78, 5) is 7.16. The van der Waals surface area contributed by atoms with Crippen molar-refractivity contribution in [2.75, 3.05) is 31.2 Å². The van der Waals surface area contributed by atoms with E-state index in [4.69, 9.17) is 9.72 Å². The zero-order valence-corrected chi connectivity index (χ0v) is 12.1. The van der Waals surface area contributed by atoms with Crippen molar-refractivity contribution < 1.29 is 4.74 Å². The lowest BCUT2D eigenvalue weighted by Crippen LogP contribution is -2.45. The van der Waals surface area contributed by atoms with Crippen LogP contribution in [0.5, 0.6) is 0 Å². The first-order valence-corrected chi connectivity index (χ1v) is 7.36. The van der Waals surface area contributed by atoms with Crippen molar-refractivity contribution in [1.29, 1.82) is 0 Å². The molecular weight excluding hydrogens is 238 g/mol. The fourth-order valence-corrected chi connectivity index (χ4v) is 2.41. The quantitative estimate of drug-likeness (QED) is 0.798. The van der Waals surface area contributed by atoms with E-state index in [2.05, 4.69) is 42.3 Å². The maximum Gasteiger partial charge on any atom is 0.129 e. The monoisotopic (exact) mass is 263 g/mol. The molecule has 19 heavy (non-hydrogen) atoms. The highest BCUT2D eigenvalue weighted by Crippen LogP contribution is 2.19. The molecule has 1 atom stereocenters. The molecule has 0 saturated carbocycles. The summed E-state index contributed by atoms with van der Waals surface area (Å²) in [7, 11) is 0. The van der Waals surface area contributed by atoms with Crippen LogP contribution in [0.1, 0.15) is 32.4 Å². The Morgan fingerprint density at radius 1 is 1.42 bits per heavy atom. The van der Waals surface area contributed by atoms with Gasteiger partial charge in [0.05, 0.1) is 24.9 Å². The smallest absolute Gasteiger partial charge is 0.129 e. The lowest BCUT2D eigenvalue weighted by atomic mass is 10.1. The summed E-state index contributed by atoms with van der Waals surface area (Å²) in [5.41, 5.74) is 1.12. The number of nitrogens with zero attached hydrogens (tertiary/aromatic N) is 2. The molecule has 0 radical (unpaired) electrons. The highest BCUT2D eigenvalue weighted by Gasteiger charge is 2.22. The Labute approximate surface area is 116 Å². The van der Waals surface area contributed by atoms with E-state index in [1.165, 1.54) is 0 Å². The number of morpholine rings is 1. The molecule has 4 heteroatoms. The maximum absolute atomic E-state index is 5.55. The highest BCUT2D eigenvalue weighted by molar-refractivity contribution is 5.41. The van der Waals surface area contributed by atoms with Gasteiger partial charge in [0.15, 0.2) is 0 Å². The molecule has 1 saturated heterocycles. The van der Waals surface area contributed by atoms with Gasteiger partial charge in [-0.1, -0.05) is 19.9 Å². The molecule has 4 nitrogen and oxygen atoms in total. The minimum Gasteiger partial charge on any atom is -0.377 e. The van der Waals surface area contributed by atoms with E-state index in [1.807, 2.05) is 0 Å². The van der Waals surface area contributed by atoms with Gasteiger partial charge in [-0.3, -0.25) is 0 Å². The third-order valence-electron chi connectivity index (χ3n) is 3.52. The number of aromatic nitrogens is 1. The van der Waals surface area contributed by atoms with Gasteiger partial charge in [0.2, 0.25) is 0 Å². The lowest BCUT2D eigenvalue weighted by Gasteiger charge is -2.36. The van der Waals surface area contributed by atoms with E-state index in [1.54, 1.807) is 0 Å². The molecular formula is C15H25N3O. The first-order chi connectivity index (χ1) is 9.35. The van der Waals surface area contributed by atoms with Gasteiger partial charge in [-0.15, -0.1) is 0 Å². The van der Waals surface area contributed by atoms with Crippen LogP contribution in [0.15, 0.2) is 18.2 Å². The van der Waals surface area contributed by atoms with Crippen LogP contribution < -0.4 is 10.2 Å². The summed E-state index contributed by atoms with van der Waals surface area (Å²) in [6.45, 7) is 8.84. The third-order valence-corrected chi connectivity index (χ3v) is 3.52. The van der Waals surface area contributed by atoms with Crippen LogP contribution in [-0.2, 0) is 11.3 Å². The van der Waals surface area contributed by atoms with E-state index in [0.717, 1.165) is 57.2 Å². The van der Waals surface area contributed by atoms with Crippen molar-refractivity contribution in [3.8, 4) is 0 Å². The number of pyridine rings is 1. The van der Waals surface area contributed by atoms with Crippen LogP contribution in [0.25, 0.3) is 0 Å². The van der Waals surface area contributed by atoms with Crippen molar-refractivity contribution in [2.45, 2.75) is 39.3 Å². The predicted octanol–water partition coefficient (Wildman–Crippen LogP) is 2.20. The van der Waals surface area contributed by atoms with Crippen molar-refractivity contribution in [3.63, 3.8) is 0 Å². The molecule has 1 aromatic heterocycles. The number of rotatable bonds is 6. The zero-order valence-electron chi connectivity index (χ0n) is 12.1. The van der Waals surface area contributed by atoms with Gasteiger partial charge >= 0.3 is 0 Å². The van der Waals surface area contributed by atoms with Gasteiger partial charge in [-0.25, -0.2) is 4.98 Å². The highest BCUT2D eigenvalue weighted by atomic mass is 16.5. The van der Waals surface area contributed by atoms with Gasteiger partial charge in [0.25, 0.3) is 0 Å². The summed E-state index contributed by atoms with van der Waals surface area (Å²) in [5.74, 6) is 1.09. The normalized spacial score (nSPS) is 19.7. The Kier molecular flexibility index (Phi) is 5.61. The van der Waals surface area contributed by atoms with Crippen LogP contribution in [0, 0.1) is 0 Å². The fourth-order valence-electron chi connectivity index (χ4n) is 2.41. The number of hydrogen-bond acceptors (Lipinski definition) is 4. The molecule has 0 spiro atoms. The van der Waals surface area contributed by atoms with Crippen LogP contribution in [-0.4, -0.2) is 37.3 Å². The first-order valence-electron chi connectivity index (χ1n) is 7.36. The average Bonchev–Trinajstić information content (AvgIpc) is 2.48. The molecule has 1 unspecified atom stereocenters. The number of anilines is 1. The number of ether oxygens (including phenoxy) is 1. The maximum atomic E-state index is 5.55. The molecule has 0 aliphatic carbocycles. The van der Waals surface area contributed by atoms with Crippen molar-refractivity contribution in [2.24, 2.45) is 0 Å². The Hall–Kier alpha value is -1.13. The van der Waals surface area contributed by atoms with Gasteiger partial charge in [0, 0.05) is 13.1 Å². The third kappa shape index (κ3) is 3.91. The number of nitrogens with one attached hydrogen (secondary N) is 1. The minimum atomic E-state index is 0.458. The molecule has 1 aliphatic heterocycles. The summed E-state index contributed by atoms with van der Waals surface area (Å²) in [5, 5.41) is 3.40. The second-order valence-corrected chi connectivity index (χ2v) is 4.99. The van der Waals surface area contributed by atoms with Crippen LogP contribution in [0.2, 0.25) is 0 Å². The fraction of sp³-hybridized carbons (Fsp3) is 0.667. The standard InChI is InChI=1S/C15H25N3O/c1-3-8-16-11-13-6-5-7-15(17-13)18-9-10-19-12-14(18)4-2/h5-7,14,16H,3-4,8-12H2,1-2H3. The second kappa shape index (κ2) is 7.46. The Balaban J connectivity index is 2.04. The average molecular weight is 263 g/mol. The summed E-state index contributed by atoms with van der Waals surface area (Å²) >= 11 is 0. The molecule has 1 aromatic rings. The Morgan fingerprint density at radius 2 is 2.32 bits per heavy atom. The minimum absolute atomic E-state index is 0.458. The molecule has 2 heterocycles.